The molecule has 0 unspecified atom stereocenters. The van der Waals surface area contributed by atoms with E-state index in [0.717, 1.165) is 11.1 Å². The monoisotopic (exact) mass is 571 g/mol. The van der Waals surface area contributed by atoms with Gasteiger partial charge in [-0.25, -0.2) is 21.1 Å². The topological polar surface area (TPSA) is 122 Å². The Kier molecular flexibility index (Phi) is 8.94. The molecular formula is C28H33N3O6S2. The van der Waals surface area contributed by atoms with Gasteiger partial charge in [0.25, 0.3) is 10.0 Å². The lowest BCUT2D eigenvalue weighted by atomic mass is 9.97. The molecule has 4 rings (SSSR count). The molecule has 0 bridgehead atoms. The van der Waals surface area contributed by atoms with E-state index in [1.165, 1.54) is 28.6 Å². The van der Waals surface area contributed by atoms with Crippen molar-refractivity contribution in [1.82, 2.24) is 4.31 Å². The highest BCUT2D eigenvalue weighted by molar-refractivity contribution is 7.92. The predicted molar refractivity (Wildman–Crippen MR) is 152 cm³/mol. The Bertz CT molecular complexity index is 1480. The summed E-state index contributed by atoms with van der Waals surface area (Å²) in [7, 11) is -7.29. The molecule has 1 aliphatic heterocycles. The summed E-state index contributed by atoms with van der Waals surface area (Å²) in [6.45, 7) is 4.89. The smallest absolute Gasteiger partial charge is 0.261 e. The minimum atomic E-state index is -3.82. The van der Waals surface area contributed by atoms with E-state index in [0.29, 0.717) is 36.6 Å². The first-order chi connectivity index (χ1) is 18.6. The fourth-order valence-corrected chi connectivity index (χ4v) is 6.97. The number of carbonyl (C=O) groups is 1. The van der Waals surface area contributed by atoms with Crippen LogP contribution in [0.25, 0.3) is 0 Å². The zero-order valence-electron chi connectivity index (χ0n) is 22.0. The predicted octanol–water partition coefficient (Wildman–Crippen LogP) is 4.38. The van der Waals surface area contributed by atoms with Crippen molar-refractivity contribution in [1.29, 1.82) is 0 Å². The molecule has 1 saturated heterocycles. The second-order valence-electron chi connectivity index (χ2n) is 9.49. The summed E-state index contributed by atoms with van der Waals surface area (Å²) in [6.07, 6.45) is 0.828. The van der Waals surface area contributed by atoms with Crippen LogP contribution in [0.4, 0.5) is 11.4 Å². The van der Waals surface area contributed by atoms with Crippen LogP contribution >= 0.6 is 0 Å². The first kappa shape index (κ1) is 28.6. The molecule has 0 atom stereocenters. The first-order valence-corrected chi connectivity index (χ1v) is 15.8. The number of ether oxygens (including phenoxy) is 1. The number of rotatable bonds is 10. The lowest BCUT2D eigenvalue weighted by Crippen LogP contribution is -2.41. The maximum atomic E-state index is 12.8. The molecule has 0 saturated carbocycles. The Morgan fingerprint density at radius 2 is 1.46 bits per heavy atom. The van der Waals surface area contributed by atoms with Gasteiger partial charge in [-0.15, -0.1) is 0 Å². The number of anilines is 2. The first-order valence-electron chi connectivity index (χ1n) is 12.8. The van der Waals surface area contributed by atoms with E-state index in [9.17, 15) is 21.6 Å². The number of aryl methyl sites for hydroxylation is 1. The number of hydrogen-bond donors (Lipinski definition) is 2. The number of sulfonamides is 2. The van der Waals surface area contributed by atoms with Crippen molar-refractivity contribution in [2.75, 3.05) is 29.7 Å². The van der Waals surface area contributed by atoms with Crippen LogP contribution in [0.1, 0.15) is 30.9 Å². The summed E-state index contributed by atoms with van der Waals surface area (Å²) >= 11 is 0. The van der Waals surface area contributed by atoms with Crippen LogP contribution in [-0.2, 0) is 30.6 Å². The molecule has 208 valence electrons. The third-order valence-corrected chi connectivity index (χ3v) is 9.78. The van der Waals surface area contributed by atoms with Crippen LogP contribution in [0.5, 0.6) is 5.75 Å². The number of piperidine rings is 1. The maximum Gasteiger partial charge on any atom is 0.261 e. The Morgan fingerprint density at radius 3 is 2.05 bits per heavy atom. The fourth-order valence-electron chi connectivity index (χ4n) is 4.34. The lowest BCUT2D eigenvalue weighted by Gasteiger charge is -2.30. The number of nitrogens with zero attached hydrogens (tertiary/aromatic N) is 1. The second-order valence-corrected chi connectivity index (χ2v) is 13.1. The molecule has 1 amide bonds. The molecule has 11 heteroatoms. The van der Waals surface area contributed by atoms with E-state index >= 15 is 0 Å². The largest absolute Gasteiger partial charge is 0.494 e. The van der Waals surface area contributed by atoms with Gasteiger partial charge in [0, 0.05) is 30.4 Å². The van der Waals surface area contributed by atoms with Crippen molar-refractivity contribution >= 4 is 37.3 Å². The van der Waals surface area contributed by atoms with Gasteiger partial charge in [0.1, 0.15) is 5.75 Å². The summed E-state index contributed by atoms with van der Waals surface area (Å²) in [6, 6.07) is 19.9. The van der Waals surface area contributed by atoms with Crippen molar-refractivity contribution < 1.29 is 26.4 Å². The Hall–Kier alpha value is -3.41. The van der Waals surface area contributed by atoms with Gasteiger partial charge in [-0.3, -0.25) is 9.52 Å². The molecule has 39 heavy (non-hydrogen) atoms. The van der Waals surface area contributed by atoms with Crippen LogP contribution in [0.15, 0.2) is 77.7 Å². The number of hydrogen-bond acceptors (Lipinski definition) is 6. The van der Waals surface area contributed by atoms with Gasteiger partial charge in [-0.05, 0) is 80.8 Å². The summed E-state index contributed by atoms with van der Waals surface area (Å²) < 4.78 is 60.5. The van der Waals surface area contributed by atoms with Crippen LogP contribution in [0.3, 0.4) is 0 Å². The highest BCUT2D eigenvalue weighted by Crippen LogP contribution is 2.25. The molecule has 1 aliphatic rings. The third kappa shape index (κ3) is 7.59. The molecule has 3 aromatic carbocycles. The van der Waals surface area contributed by atoms with Crippen molar-refractivity contribution in [3.63, 3.8) is 0 Å². The van der Waals surface area contributed by atoms with Gasteiger partial charge in [0.05, 0.1) is 17.3 Å². The van der Waals surface area contributed by atoms with E-state index in [4.69, 9.17) is 4.74 Å². The van der Waals surface area contributed by atoms with E-state index < -0.39 is 20.0 Å². The van der Waals surface area contributed by atoms with Crippen molar-refractivity contribution in [3.05, 3.63) is 83.9 Å². The zero-order valence-corrected chi connectivity index (χ0v) is 23.6. The average Bonchev–Trinajstić information content (AvgIpc) is 2.91. The summed E-state index contributed by atoms with van der Waals surface area (Å²) in [5.74, 6) is 0.0386. The van der Waals surface area contributed by atoms with E-state index in [1.807, 2.05) is 38.1 Å². The summed E-state index contributed by atoms with van der Waals surface area (Å²) in [5, 5.41) is 2.82. The summed E-state index contributed by atoms with van der Waals surface area (Å²) in [4.78, 5) is 12.9. The van der Waals surface area contributed by atoms with E-state index in [1.54, 1.807) is 24.3 Å². The highest BCUT2D eigenvalue weighted by atomic mass is 32.2. The standard InChI is InChI=1S/C28H33N3O6S2/c1-3-37-26-12-8-25(9-13-26)30-39(35,36)27-14-10-24(11-15-27)29-28(32)23-16-18-31(19-17-23)38(33,34)20-22-6-4-21(2)5-7-22/h4-15,23,30H,3,16-20H2,1-2H3,(H,29,32). The zero-order chi connectivity index (χ0) is 28.0. The van der Waals surface area contributed by atoms with Crippen LogP contribution in [0, 0.1) is 12.8 Å². The van der Waals surface area contributed by atoms with Crippen LogP contribution in [-0.4, -0.2) is 46.7 Å². The molecule has 1 fully saturated rings. The van der Waals surface area contributed by atoms with Gasteiger partial charge in [0.2, 0.25) is 15.9 Å². The average molecular weight is 572 g/mol. The quantitative estimate of drug-likeness (QED) is 0.373. The second kappa shape index (κ2) is 12.2. The molecule has 0 radical (unpaired) electrons. The summed E-state index contributed by atoms with van der Waals surface area (Å²) in [5.41, 5.74) is 2.68. The highest BCUT2D eigenvalue weighted by Gasteiger charge is 2.31. The van der Waals surface area contributed by atoms with Crippen molar-refractivity contribution in [3.8, 4) is 5.75 Å². The van der Waals surface area contributed by atoms with Crippen LogP contribution in [0.2, 0.25) is 0 Å². The SMILES string of the molecule is CCOc1ccc(NS(=O)(=O)c2ccc(NC(=O)C3CCN(S(=O)(=O)Cc4ccc(C)cc4)CC3)cc2)cc1. The van der Waals surface area contributed by atoms with E-state index in [2.05, 4.69) is 10.0 Å². The van der Waals surface area contributed by atoms with Crippen molar-refractivity contribution in [2.24, 2.45) is 5.92 Å². The van der Waals surface area contributed by atoms with Gasteiger partial charge in [-0.2, -0.15) is 0 Å². The number of carbonyl (C=O) groups excluding carboxylic acids is 1. The number of amides is 1. The molecule has 0 aliphatic carbocycles. The molecule has 2 N–H and O–H groups in total. The third-order valence-electron chi connectivity index (χ3n) is 6.54. The van der Waals surface area contributed by atoms with Gasteiger partial charge in [0.15, 0.2) is 0 Å². The number of nitrogens with one attached hydrogen (secondary N) is 2. The maximum absolute atomic E-state index is 12.8. The van der Waals surface area contributed by atoms with Gasteiger partial charge >= 0.3 is 0 Å². The fraction of sp³-hybridized carbons (Fsp3) is 0.321. The lowest BCUT2D eigenvalue weighted by molar-refractivity contribution is -0.120. The molecule has 0 aromatic heterocycles. The Morgan fingerprint density at radius 1 is 0.872 bits per heavy atom. The minimum Gasteiger partial charge on any atom is -0.494 e. The molecule has 0 spiro atoms. The van der Waals surface area contributed by atoms with Gasteiger partial charge in [-0.1, -0.05) is 29.8 Å². The normalized spacial score (nSPS) is 15.0. The molecule has 3 aromatic rings. The minimum absolute atomic E-state index is 0.0569. The molecule has 1 heterocycles. The molecule has 9 nitrogen and oxygen atoms in total. The van der Waals surface area contributed by atoms with Crippen LogP contribution < -0.4 is 14.8 Å². The Balaban J connectivity index is 1.29. The number of benzene rings is 3. The molecular weight excluding hydrogens is 538 g/mol. The van der Waals surface area contributed by atoms with Crippen molar-refractivity contribution in [2.45, 2.75) is 37.3 Å². The Labute approximate surface area is 230 Å². The van der Waals surface area contributed by atoms with E-state index in [-0.39, 0.29) is 35.6 Å². The van der Waals surface area contributed by atoms with Gasteiger partial charge < -0.3 is 10.1 Å².